The third-order valence-corrected chi connectivity index (χ3v) is 8.40. The van der Waals surface area contributed by atoms with E-state index < -0.39 is 6.10 Å². The van der Waals surface area contributed by atoms with Crippen LogP contribution in [0.1, 0.15) is 24.8 Å². The van der Waals surface area contributed by atoms with Crippen LogP contribution in [0.25, 0.3) is 5.57 Å². The van der Waals surface area contributed by atoms with Crippen LogP contribution >= 0.6 is 27.7 Å². The normalized spacial score (nSPS) is 36.2. The van der Waals surface area contributed by atoms with Gasteiger partial charge in [-0.05, 0) is 24.8 Å². The van der Waals surface area contributed by atoms with Crippen molar-refractivity contribution < 1.29 is 10.2 Å². The number of nitrogens with one attached hydrogen (secondary N) is 1. The second-order valence-corrected chi connectivity index (χ2v) is 9.69. The summed E-state index contributed by atoms with van der Waals surface area (Å²) >= 11 is 5.44. The number of allylic oxidation sites excluding steroid dienone is 1. The van der Waals surface area contributed by atoms with Gasteiger partial charge in [-0.15, -0.1) is 11.8 Å². The first-order valence-corrected chi connectivity index (χ1v) is 10.3. The molecule has 1 spiro atoms. The minimum atomic E-state index is -0.451. The number of rotatable bonds is 0. The van der Waals surface area contributed by atoms with Crippen LogP contribution in [0.5, 0.6) is 5.75 Å². The zero-order chi connectivity index (χ0) is 16.9. The Balaban J connectivity index is 1.77. The van der Waals surface area contributed by atoms with Gasteiger partial charge in [-0.3, -0.25) is 9.98 Å². The van der Waals surface area contributed by atoms with Crippen molar-refractivity contribution in [3.8, 4) is 5.75 Å². The molecule has 1 aromatic carbocycles. The van der Waals surface area contributed by atoms with E-state index in [2.05, 4.69) is 32.3 Å². The average molecular weight is 418 g/mol. The molecule has 1 saturated heterocycles. The lowest BCUT2D eigenvalue weighted by atomic mass is 9.67. The highest BCUT2D eigenvalue weighted by Gasteiger charge is 2.56. The fraction of sp³-hybridized carbons (Fsp3) is 0.444. The minimum absolute atomic E-state index is 0.204. The smallest absolute Gasteiger partial charge is 0.165 e. The lowest BCUT2D eigenvalue weighted by molar-refractivity contribution is 0.189. The van der Waals surface area contributed by atoms with Gasteiger partial charge in [0.05, 0.1) is 22.5 Å². The first-order chi connectivity index (χ1) is 12.1. The number of hydrogen-bond donors (Lipinski definition) is 3. The summed E-state index contributed by atoms with van der Waals surface area (Å²) in [5.41, 5.74) is 3.53. The largest absolute Gasteiger partial charge is 0.504 e. The number of nitrogens with zero attached hydrogens (tertiary/aromatic N) is 2. The van der Waals surface area contributed by atoms with Gasteiger partial charge in [0.25, 0.3) is 0 Å². The number of anilines is 1. The van der Waals surface area contributed by atoms with Crippen LogP contribution in [0.2, 0.25) is 0 Å². The zero-order valence-corrected chi connectivity index (χ0v) is 15.7. The maximum Gasteiger partial charge on any atom is 0.165 e. The molecule has 4 heterocycles. The predicted octanol–water partition coefficient (Wildman–Crippen LogP) is 1.82. The van der Waals surface area contributed by atoms with E-state index in [4.69, 9.17) is 4.99 Å². The van der Waals surface area contributed by atoms with Crippen molar-refractivity contribution in [3.05, 3.63) is 26.7 Å². The molecule has 2 bridgehead atoms. The number of aliphatic imine (C=N–C) groups is 1. The monoisotopic (exact) mass is 417 g/mol. The molecule has 6 rings (SSSR count). The van der Waals surface area contributed by atoms with Crippen LogP contribution in [-0.2, 0) is 5.41 Å². The molecule has 0 radical (unpaired) electrons. The van der Waals surface area contributed by atoms with Crippen molar-refractivity contribution in [1.29, 1.82) is 0 Å². The molecule has 5 aliphatic rings. The van der Waals surface area contributed by atoms with E-state index >= 15 is 0 Å². The Morgan fingerprint density at radius 1 is 1.40 bits per heavy atom. The summed E-state index contributed by atoms with van der Waals surface area (Å²) in [4.78, 5) is 9.35. The summed E-state index contributed by atoms with van der Waals surface area (Å²) in [6.07, 6.45) is 6.15. The van der Waals surface area contributed by atoms with Gasteiger partial charge in [-0.2, -0.15) is 0 Å². The molecule has 25 heavy (non-hydrogen) atoms. The topological polar surface area (TPSA) is 77.2 Å². The van der Waals surface area contributed by atoms with Crippen molar-refractivity contribution in [1.82, 2.24) is 0 Å². The summed E-state index contributed by atoms with van der Waals surface area (Å²) in [6, 6.07) is 0. The van der Waals surface area contributed by atoms with E-state index in [1.807, 2.05) is 18.0 Å². The van der Waals surface area contributed by atoms with Gasteiger partial charge in [-0.1, -0.05) is 22.0 Å². The van der Waals surface area contributed by atoms with Gasteiger partial charge in [0, 0.05) is 38.7 Å². The number of phenolic OH excluding ortho intramolecular Hbond substituents is 1. The summed E-state index contributed by atoms with van der Waals surface area (Å²) in [7, 11) is 0. The second-order valence-electron chi connectivity index (χ2n) is 7.37. The number of fused-ring (bicyclic) bond motifs is 3. The molecule has 0 amide bonds. The van der Waals surface area contributed by atoms with Gasteiger partial charge in [0.15, 0.2) is 5.75 Å². The Morgan fingerprint density at radius 2 is 2.28 bits per heavy atom. The molecule has 3 N–H and O–H groups in total. The van der Waals surface area contributed by atoms with Crippen molar-refractivity contribution in [2.75, 3.05) is 11.9 Å². The number of halogens is 1. The number of benzene rings is 1. The molecule has 1 aromatic rings. The van der Waals surface area contributed by atoms with Gasteiger partial charge in [0.1, 0.15) is 5.69 Å². The van der Waals surface area contributed by atoms with E-state index in [9.17, 15) is 10.2 Å². The van der Waals surface area contributed by atoms with E-state index in [1.165, 1.54) is 5.57 Å². The highest BCUT2D eigenvalue weighted by Crippen LogP contribution is 2.60. The number of aliphatic hydroxyl groups is 1. The molecule has 7 heteroatoms. The molecular weight excluding hydrogens is 402 g/mol. The standard InChI is InChI=1S/C18H16BrN3O2S/c19-8-4-18-5-11(25-10(18)3-9(8)23)22-16-13(18)14-12-7(1-2-20-14)6-21-15(12)17(16)24/h4,6,9-11,22-24H,1-3,5H2/t9-,10?,11-,18+/m0/s1. The summed E-state index contributed by atoms with van der Waals surface area (Å²) in [6.45, 7) is 0.760. The van der Waals surface area contributed by atoms with Crippen molar-refractivity contribution in [3.63, 3.8) is 0 Å². The Kier molecular flexibility index (Phi) is 2.78. The molecule has 4 atom stereocenters. The fourth-order valence-electron chi connectivity index (χ4n) is 5.04. The van der Waals surface area contributed by atoms with E-state index in [0.29, 0.717) is 12.1 Å². The quantitative estimate of drug-likeness (QED) is 0.562. The van der Waals surface area contributed by atoms with Crippen molar-refractivity contribution in [2.24, 2.45) is 9.98 Å². The van der Waals surface area contributed by atoms with Crippen LogP contribution in [0.3, 0.4) is 0 Å². The molecule has 4 aliphatic heterocycles. The Morgan fingerprint density at radius 3 is 3.16 bits per heavy atom. The third-order valence-electron chi connectivity index (χ3n) is 6.09. The highest BCUT2D eigenvalue weighted by atomic mass is 79.9. The van der Waals surface area contributed by atoms with Crippen LogP contribution in [0, 0.1) is 0 Å². The van der Waals surface area contributed by atoms with Gasteiger partial charge < -0.3 is 15.5 Å². The summed E-state index contributed by atoms with van der Waals surface area (Å²) < 4.78 is 0.848. The minimum Gasteiger partial charge on any atom is -0.504 e. The maximum absolute atomic E-state index is 11.0. The maximum atomic E-state index is 11.0. The van der Waals surface area contributed by atoms with Crippen LogP contribution in [0.4, 0.5) is 11.4 Å². The first kappa shape index (κ1) is 14.8. The number of aromatic hydroxyl groups is 1. The zero-order valence-electron chi connectivity index (χ0n) is 13.3. The number of phenols is 1. The van der Waals surface area contributed by atoms with E-state index in [0.717, 1.165) is 45.7 Å². The second kappa shape index (κ2) is 4.69. The van der Waals surface area contributed by atoms with E-state index in [-0.39, 0.29) is 21.8 Å². The van der Waals surface area contributed by atoms with Gasteiger partial charge in [0.2, 0.25) is 0 Å². The van der Waals surface area contributed by atoms with Crippen molar-refractivity contribution >= 4 is 50.9 Å². The van der Waals surface area contributed by atoms with E-state index in [1.54, 1.807) is 0 Å². The molecular formula is C18H16BrN3O2S. The summed E-state index contributed by atoms with van der Waals surface area (Å²) in [5.74, 6) is 0.248. The lowest BCUT2D eigenvalue weighted by Crippen LogP contribution is -2.48. The number of hydrogen-bond acceptors (Lipinski definition) is 6. The molecule has 1 unspecified atom stereocenters. The number of thioether (sulfide) groups is 1. The predicted molar refractivity (Wildman–Crippen MR) is 103 cm³/mol. The first-order valence-electron chi connectivity index (χ1n) is 8.58. The SMILES string of the molecule is Oc1c2c(c3c4c1N=CC=4CCN=3)[C@@]13C=C(Br)[C@@H](O)CC1S[C@@H](C3)N2. The van der Waals surface area contributed by atoms with Gasteiger partial charge >= 0.3 is 0 Å². The highest BCUT2D eigenvalue weighted by molar-refractivity contribution is 9.11. The molecule has 128 valence electrons. The number of aliphatic hydroxyl groups excluding tert-OH is 1. The van der Waals surface area contributed by atoms with Crippen LogP contribution in [-0.4, -0.2) is 39.7 Å². The Hall–Kier alpha value is -1.31. The van der Waals surface area contributed by atoms with Crippen LogP contribution in [0.15, 0.2) is 20.5 Å². The van der Waals surface area contributed by atoms with Gasteiger partial charge in [-0.25, -0.2) is 0 Å². The molecule has 1 aliphatic carbocycles. The molecule has 0 saturated carbocycles. The fourth-order valence-corrected chi connectivity index (χ4v) is 7.41. The molecule has 1 fully saturated rings. The summed E-state index contributed by atoms with van der Waals surface area (Å²) in [5, 5.41) is 27.3. The third kappa shape index (κ3) is 1.70. The average Bonchev–Trinajstić information content (AvgIpc) is 3.13. The molecule has 5 nitrogen and oxygen atoms in total. The van der Waals surface area contributed by atoms with Crippen LogP contribution < -0.4 is 15.9 Å². The van der Waals surface area contributed by atoms with Crippen molar-refractivity contribution in [2.45, 2.75) is 41.4 Å². The molecule has 0 aromatic heterocycles. The Bertz CT molecular complexity index is 1030. The Labute approximate surface area is 156 Å². The lowest BCUT2D eigenvalue weighted by Gasteiger charge is -2.41.